The lowest BCUT2D eigenvalue weighted by Gasteiger charge is -2.16. The smallest absolute Gasteiger partial charge is 0.416 e. The maximum atomic E-state index is 12.9. The summed E-state index contributed by atoms with van der Waals surface area (Å²) in [6.45, 7) is 3.89. The first-order valence-electron chi connectivity index (χ1n) is 10.5. The molecule has 0 aliphatic carbocycles. The van der Waals surface area contributed by atoms with Crippen molar-refractivity contribution in [3.8, 4) is 10.4 Å². The van der Waals surface area contributed by atoms with Crippen LogP contribution in [-0.4, -0.2) is 30.5 Å². The molecule has 0 bridgehead atoms. The summed E-state index contributed by atoms with van der Waals surface area (Å²) >= 11 is 1.42. The molecule has 4 nitrogen and oxygen atoms in total. The number of hydrogen-bond acceptors (Lipinski definition) is 4. The Kier molecular flexibility index (Phi) is 7.61. The van der Waals surface area contributed by atoms with E-state index in [1.165, 1.54) is 29.5 Å². The Labute approximate surface area is 200 Å². The van der Waals surface area contributed by atoms with Gasteiger partial charge in [0.25, 0.3) is 0 Å². The molecule has 3 rings (SSSR count). The number of alkyl halides is 3. The second kappa shape index (κ2) is 10.3. The number of ketones is 1. The van der Waals surface area contributed by atoms with Crippen molar-refractivity contribution in [3.05, 3.63) is 82.2 Å². The highest BCUT2D eigenvalue weighted by Crippen LogP contribution is 2.37. The minimum atomic E-state index is -4.38. The van der Waals surface area contributed by atoms with Gasteiger partial charge in [-0.2, -0.15) is 13.2 Å². The summed E-state index contributed by atoms with van der Waals surface area (Å²) in [4.78, 5) is 26.8. The molecule has 178 valence electrons. The van der Waals surface area contributed by atoms with E-state index in [2.05, 4.69) is 0 Å². The standard InChI is InChI=1S/C26H24F3NO3S/c1-16(2)21-14-24(18-4-8-19(9-5-18)26(27,28)29)34-23(21)13-12-22(31)17-6-10-20(11-7-17)30(3)15-25(32)33/h4-14,16H,15H2,1-3H3,(H,32,33)/b13-12+. The summed E-state index contributed by atoms with van der Waals surface area (Å²) < 4.78 is 38.6. The third kappa shape index (κ3) is 6.14. The summed E-state index contributed by atoms with van der Waals surface area (Å²) in [5.41, 5.74) is 2.16. The molecule has 3 aromatic rings. The van der Waals surface area contributed by atoms with Crippen LogP contribution >= 0.6 is 11.3 Å². The number of aliphatic carboxylic acids is 1. The van der Waals surface area contributed by atoms with Gasteiger partial charge in [-0.05, 0) is 71.7 Å². The summed E-state index contributed by atoms with van der Waals surface area (Å²) in [6.07, 6.45) is -1.17. The van der Waals surface area contributed by atoms with Crippen molar-refractivity contribution in [1.29, 1.82) is 0 Å². The largest absolute Gasteiger partial charge is 0.480 e. The number of hydrogen-bond donors (Lipinski definition) is 1. The number of carboxylic acid groups (broad SMARTS) is 1. The van der Waals surface area contributed by atoms with E-state index in [4.69, 9.17) is 5.11 Å². The molecule has 0 saturated heterocycles. The van der Waals surface area contributed by atoms with Gasteiger partial charge in [-0.3, -0.25) is 9.59 Å². The van der Waals surface area contributed by atoms with Crippen LogP contribution in [0.1, 0.15) is 46.1 Å². The number of halogens is 3. The molecular weight excluding hydrogens is 463 g/mol. The van der Waals surface area contributed by atoms with Gasteiger partial charge in [0.05, 0.1) is 5.56 Å². The lowest BCUT2D eigenvalue weighted by Crippen LogP contribution is -2.24. The summed E-state index contributed by atoms with van der Waals surface area (Å²) in [5, 5.41) is 8.90. The summed E-state index contributed by atoms with van der Waals surface area (Å²) in [5.74, 6) is -0.983. The molecule has 1 heterocycles. The van der Waals surface area contributed by atoms with Crippen LogP contribution in [0.5, 0.6) is 0 Å². The summed E-state index contributed by atoms with van der Waals surface area (Å²) in [6, 6.07) is 13.7. The molecule has 0 aliphatic heterocycles. The number of anilines is 1. The van der Waals surface area contributed by atoms with Crippen LogP contribution < -0.4 is 4.90 Å². The summed E-state index contributed by atoms with van der Waals surface area (Å²) in [7, 11) is 1.66. The van der Waals surface area contributed by atoms with E-state index in [0.717, 1.165) is 27.5 Å². The van der Waals surface area contributed by atoms with E-state index in [-0.39, 0.29) is 18.2 Å². The van der Waals surface area contributed by atoms with E-state index in [0.29, 0.717) is 16.8 Å². The van der Waals surface area contributed by atoms with E-state index in [1.807, 2.05) is 19.9 Å². The average Bonchev–Trinajstić information content (AvgIpc) is 3.21. The fraction of sp³-hybridized carbons (Fsp3) is 0.231. The maximum Gasteiger partial charge on any atom is 0.416 e. The van der Waals surface area contributed by atoms with Gasteiger partial charge in [0, 0.05) is 28.1 Å². The zero-order valence-electron chi connectivity index (χ0n) is 18.9. The fourth-order valence-electron chi connectivity index (χ4n) is 3.39. The Bertz CT molecular complexity index is 1190. The molecule has 1 aromatic heterocycles. The van der Waals surface area contributed by atoms with E-state index >= 15 is 0 Å². The normalized spacial score (nSPS) is 11.9. The Hall–Kier alpha value is -3.39. The SMILES string of the molecule is CC(C)c1cc(-c2ccc(C(F)(F)F)cc2)sc1/C=C/C(=O)c1ccc(N(C)CC(=O)O)cc1. The third-order valence-corrected chi connectivity index (χ3v) is 6.43. The van der Waals surface area contributed by atoms with Gasteiger partial charge in [0.15, 0.2) is 5.78 Å². The number of likely N-dealkylation sites (N-methyl/N-ethyl adjacent to an activating group) is 1. The number of nitrogens with zero attached hydrogens (tertiary/aromatic N) is 1. The van der Waals surface area contributed by atoms with Crippen LogP contribution in [0.4, 0.5) is 18.9 Å². The van der Waals surface area contributed by atoms with Crippen molar-refractivity contribution in [2.24, 2.45) is 0 Å². The van der Waals surface area contributed by atoms with Crippen molar-refractivity contribution >= 4 is 34.9 Å². The minimum absolute atomic E-state index is 0.148. The third-order valence-electron chi connectivity index (χ3n) is 5.26. The number of carbonyl (C=O) groups excluding carboxylic acids is 1. The predicted octanol–water partition coefficient (Wildman–Crippen LogP) is 6.97. The molecule has 8 heteroatoms. The van der Waals surface area contributed by atoms with Crippen LogP contribution in [0.25, 0.3) is 16.5 Å². The number of benzene rings is 2. The van der Waals surface area contributed by atoms with Gasteiger partial charge in [-0.15, -0.1) is 11.3 Å². The van der Waals surface area contributed by atoms with Gasteiger partial charge < -0.3 is 10.0 Å². The lowest BCUT2D eigenvalue weighted by molar-refractivity contribution is -0.137. The molecule has 0 saturated carbocycles. The quantitative estimate of drug-likeness (QED) is 0.275. The van der Waals surface area contributed by atoms with Crippen molar-refractivity contribution < 1.29 is 27.9 Å². The van der Waals surface area contributed by atoms with Crippen molar-refractivity contribution in [3.63, 3.8) is 0 Å². The lowest BCUT2D eigenvalue weighted by atomic mass is 10.0. The van der Waals surface area contributed by atoms with E-state index < -0.39 is 17.7 Å². The number of rotatable bonds is 8. The fourth-order valence-corrected chi connectivity index (χ4v) is 4.61. The number of thiophene rings is 1. The van der Waals surface area contributed by atoms with Crippen LogP contribution in [0.15, 0.2) is 60.7 Å². The van der Waals surface area contributed by atoms with Gasteiger partial charge in [-0.1, -0.05) is 26.0 Å². The second-order valence-electron chi connectivity index (χ2n) is 8.15. The first-order chi connectivity index (χ1) is 16.0. The highest BCUT2D eigenvalue weighted by atomic mass is 32.1. The van der Waals surface area contributed by atoms with Crippen molar-refractivity contribution in [2.45, 2.75) is 25.9 Å². The van der Waals surface area contributed by atoms with Crippen LogP contribution in [0.3, 0.4) is 0 Å². The Balaban J connectivity index is 1.80. The molecule has 0 fully saturated rings. The number of allylic oxidation sites excluding steroid dienone is 1. The van der Waals surface area contributed by atoms with Crippen LogP contribution in [0, 0.1) is 0 Å². The highest BCUT2D eigenvalue weighted by Gasteiger charge is 2.30. The van der Waals surface area contributed by atoms with Gasteiger partial charge in [-0.25, -0.2) is 0 Å². The first-order valence-corrected chi connectivity index (χ1v) is 11.3. The zero-order chi connectivity index (χ0) is 25.0. The Morgan fingerprint density at radius 3 is 2.21 bits per heavy atom. The van der Waals surface area contributed by atoms with Crippen LogP contribution in [-0.2, 0) is 11.0 Å². The highest BCUT2D eigenvalue weighted by molar-refractivity contribution is 7.16. The molecule has 0 atom stereocenters. The first kappa shape index (κ1) is 25.2. The van der Waals surface area contributed by atoms with Gasteiger partial charge >= 0.3 is 12.1 Å². The molecule has 0 unspecified atom stereocenters. The molecule has 0 aliphatic rings. The van der Waals surface area contributed by atoms with E-state index in [9.17, 15) is 22.8 Å². The second-order valence-corrected chi connectivity index (χ2v) is 9.24. The zero-order valence-corrected chi connectivity index (χ0v) is 19.7. The minimum Gasteiger partial charge on any atom is -0.480 e. The Morgan fingerprint density at radius 1 is 1.06 bits per heavy atom. The number of carbonyl (C=O) groups is 2. The molecule has 2 aromatic carbocycles. The van der Waals surface area contributed by atoms with Crippen molar-refractivity contribution in [1.82, 2.24) is 0 Å². The number of carboxylic acids is 1. The maximum absolute atomic E-state index is 12.9. The monoisotopic (exact) mass is 487 g/mol. The average molecular weight is 488 g/mol. The molecule has 0 amide bonds. The van der Waals surface area contributed by atoms with Crippen molar-refractivity contribution in [2.75, 3.05) is 18.5 Å². The molecule has 0 radical (unpaired) electrons. The van der Waals surface area contributed by atoms with Crippen LogP contribution in [0.2, 0.25) is 0 Å². The predicted molar refractivity (Wildman–Crippen MR) is 130 cm³/mol. The molecule has 0 spiro atoms. The Morgan fingerprint density at radius 2 is 1.68 bits per heavy atom. The van der Waals surface area contributed by atoms with Gasteiger partial charge in [0.1, 0.15) is 6.54 Å². The van der Waals surface area contributed by atoms with E-state index in [1.54, 1.807) is 42.3 Å². The molecular formula is C26H24F3NO3S. The molecule has 34 heavy (non-hydrogen) atoms. The van der Waals surface area contributed by atoms with Gasteiger partial charge in [0.2, 0.25) is 0 Å². The topological polar surface area (TPSA) is 57.6 Å². The molecule has 1 N–H and O–H groups in total.